The Morgan fingerprint density at radius 3 is 2.91 bits per heavy atom. The summed E-state index contributed by atoms with van der Waals surface area (Å²) in [6, 6.07) is 8.06. The molecule has 0 amide bonds. The van der Waals surface area contributed by atoms with E-state index in [2.05, 4.69) is 23.3 Å². The van der Waals surface area contributed by atoms with E-state index in [1.54, 1.807) is 18.9 Å². The van der Waals surface area contributed by atoms with Crippen LogP contribution in [0, 0.1) is 5.92 Å². The standard InChI is InChI=1S/C17H29N3O2S/c1-4-22-11-7-10-19-17(18)20-12-14(2)13-23-16-9-6-5-8-15(16)21-3/h5-6,8-9,14H,4,7,10-13H2,1-3H3,(H3,18,19,20). The Morgan fingerprint density at radius 1 is 1.39 bits per heavy atom. The van der Waals surface area contributed by atoms with Crippen LogP contribution in [0.25, 0.3) is 0 Å². The minimum absolute atomic E-state index is 0.439. The second kappa shape index (κ2) is 12.1. The molecule has 0 aromatic heterocycles. The minimum Gasteiger partial charge on any atom is -0.496 e. The maximum atomic E-state index is 5.86. The van der Waals surface area contributed by atoms with E-state index in [1.807, 2.05) is 25.1 Å². The van der Waals surface area contributed by atoms with Crippen LogP contribution in [-0.4, -0.2) is 45.1 Å². The predicted molar refractivity (Wildman–Crippen MR) is 98.5 cm³/mol. The number of hydrogen-bond donors (Lipinski definition) is 2. The summed E-state index contributed by atoms with van der Waals surface area (Å²) in [7, 11) is 1.70. The average molecular weight is 340 g/mol. The largest absolute Gasteiger partial charge is 0.496 e. The quantitative estimate of drug-likeness (QED) is 0.281. The first kappa shape index (κ1) is 19.6. The Labute approximate surface area is 144 Å². The Hall–Kier alpha value is -1.40. The molecule has 1 aromatic rings. The van der Waals surface area contributed by atoms with Crippen LogP contribution in [0.2, 0.25) is 0 Å². The molecule has 6 heteroatoms. The summed E-state index contributed by atoms with van der Waals surface area (Å²) in [6.45, 7) is 7.18. The average Bonchev–Trinajstić information content (AvgIpc) is 2.58. The molecule has 23 heavy (non-hydrogen) atoms. The van der Waals surface area contributed by atoms with Gasteiger partial charge in [0.05, 0.1) is 7.11 Å². The molecule has 0 bridgehead atoms. The summed E-state index contributed by atoms with van der Waals surface area (Å²) in [6.07, 6.45) is 0.934. The van der Waals surface area contributed by atoms with Gasteiger partial charge in [0.25, 0.3) is 0 Å². The number of nitrogens with two attached hydrogens (primary N) is 1. The molecular formula is C17H29N3O2S. The number of methoxy groups -OCH3 is 1. The highest BCUT2D eigenvalue weighted by Crippen LogP contribution is 2.29. The van der Waals surface area contributed by atoms with Crippen molar-refractivity contribution in [3.05, 3.63) is 24.3 Å². The molecular weight excluding hydrogens is 310 g/mol. The maximum absolute atomic E-state index is 5.86. The molecule has 0 spiro atoms. The lowest BCUT2D eigenvalue weighted by Crippen LogP contribution is -2.33. The molecule has 1 unspecified atom stereocenters. The van der Waals surface area contributed by atoms with Gasteiger partial charge >= 0.3 is 0 Å². The first-order chi connectivity index (χ1) is 11.2. The van der Waals surface area contributed by atoms with Gasteiger partial charge in [0.15, 0.2) is 5.96 Å². The number of nitrogens with zero attached hydrogens (tertiary/aromatic N) is 1. The summed E-state index contributed by atoms with van der Waals surface area (Å²) in [5.41, 5.74) is 5.86. The number of guanidine groups is 1. The van der Waals surface area contributed by atoms with Gasteiger partial charge in [0, 0.05) is 37.0 Å². The highest BCUT2D eigenvalue weighted by atomic mass is 32.2. The highest BCUT2D eigenvalue weighted by molar-refractivity contribution is 7.99. The van der Waals surface area contributed by atoms with Gasteiger partial charge in [0.2, 0.25) is 0 Å². The zero-order chi connectivity index (χ0) is 16.9. The number of nitrogens with one attached hydrogen (secondary N) is 1. The summed E-state index contributed by atoms with van der Waals surface area (Å²) >= 11 is 1.79. The van der Waals surface area contributed by atoms with E-state index in [1.165, 1.54) is 0 Å². The number of rotatable bonds is 11. The van der Waals surface area contributed by atoms with Crippen molar-refractivity contribution in [2.75, 3.05) is 39.2 Å². The van der Waals surface area contributed by atoms with Gasteiger partial charge in [-0.1, -0.05) is 19.1 Å². The Balaban J connectivity index is 2.25. The van der Waals surface area contributed by atoms with Crippen molar-refractivity contribution in [1.29, 1.82) is 0 Å². The molecule has 0 aliphatic heterocycles. The van der Waals surface area contributed by atoms with E-state index >= 15 is 0 Å². The number of benzene rings is 1. The third-order valence-electron chi connectivity index (χ3n) is 3.14. The van der Waals surface area contributed by atoms with Crippen molar-refractivity contribution in [1.82, 2.24) is 5.32 Å². The van der Waals surface area contributed by atoms with Gasteiger partial charge in [-0.15, -0.1) is 11.8 Å². The lowest BCUT2D eigenvalue weighted by Gasteiger charge is -2.12. The highest BCUT2D eigenvalue weighted by Gasteiger charge is 2.06. The summed E-state index contributed by atoms with van der Waals surface area (Å²) in [5.74, 6) is 2.84. The Morgan fingerprint density at radius 2 is 2.17 bits per heavy atom. The summed E-state index contributed by atoms with van der Waals surface area (Å²) in [4.78, 5) is 5.55. The molecule has 130 valence electrons. The number of thioether (sulfide) groups is 1. The molecule has 0 saturated carbocycles. The van der Waals surface area contributed by atoms with Gasteiger partial charge in [-0.2, -0.15) is 0 Å². The summed E-state index contributed by atoms with van der Waals surface area (Å²) in [5, 5.41) is 3.11. The number of aliphatic imine (C=N–C) groups is 1. The maximum Gasteiger partial charge on any atom is 0.188 e. The fraction of sp³-hybridized carbons (Fsp3) is 0.588. The zero-order valence-corrected chi connectivity index (χ0v) is 15.2. The van der Waals surface area contributed by atoms with Crippen LogP contribution in [0.3, 0.4) is 0 Å². The van der Waals surface area contributed by atoms with Crippen LogP contribution < -0.4 is 15.8 Å². The molecule has 0 heterocycles. The monoisotopic (exact) mass is 339 g/mol. The topological polar surface area (TPSA) is 68.9 Å². The Bertz CT molecular complexity index is 469. The number of ether oxygens (including phenoxy) is 2. The van der Waals surface area contributed by atoms with Gasteiger partial charge in [0.1, 0.15) is 5.75 Å². The Kier molecular flexibility index (Phi) is 10.3. The van der Waals surface area contributed by atoms with Gasteiger partial charge in [-0.25, -0.2) is 0 Å². The van der Waals surface area contributed by atoms with Crippen LogP contribution in [0.4, 0.5) is 0 Å². The van der Waals surface area contributed by atoms with Crippen molar-refractivity contribution < 1.29 is 9.47 Å². The molecule has 1 atom stereocenters. The summed E-state index contributed by atoms with van der Waals surface area (Å²) < 4.78 is 10.6. The molecule has 0 radical (unpaired) electrons. The number of para-hydroxylation sites is 1. The molecule has 0 saturated heterocycles. The van der Waals surface area contributed by atoms with Gasteiger partial charge in [-0.3, -0.25) is 4.99 Å². The lowest BCUT2D eigenvalue weighted by atomic mass is 10.2. The number of hydrogen-bond acceptors (Lipinski definition) is 4. The van der Waals surface area contributed by atoms with Crippen LogP contribution in [-0.2, 0) is 4.74 Å². The fourth-order valence-corrected chi connectivity index (χ4v) is 2.91. The molecule has 0 aliphatic rings. The van der Waals surface area contributed by atoms with Crippen molar-refractivity contribution in [3.8, 4) is 5.75 Å². The van der Waals surface area contributed by atoms with Gasteiger partial charge in [-0.05, 0) is 31.4 Å². The van der Waals surface area contributed by atoms with E-state index < -0.39 is 0 Å². The zero-order valence-electron chi connectivity index (χ0n) is 14.4. The van der Waals surface area contributed by atoms with Crippen LogP contribution in [0.1, 0.15) is 20.3 Å². The van der Waals surface area contributed by atoms with E-state index in [4.69, 9.17) is 15.2 Å². The van der Waals surface area contributed by atoms with E-state index in [-0.39, 0.29) is 0 Å². The van der Waals surface area contributed by atoms with Crippen molar-refractivity contribution >= 4 is 17.7 Å². The van der Waals surface area contributed by atoms with Crippen LogP contribution in [0.5, 0.6) is 5.75 Å². The molecule has 0 fully saturated rings. The normalized spacial score (nSPS) is 12.9. The van der Waals surface area contributed by atoms with E-state index in [0.29, 0.717) is 18.4 Å². The molecule has 3 N–H and O–H groups in total. The molecule has 0 aliphatic carbocycles. The SMILES string of the molecule is CCOCCCNC(N)=NCC(C)CSc1ccccc1OC. The lowest BCUT2D eigenvalue weighted by molar-refractivity contribution is 0.145. The second-order valence-corrected chi connectivity index (χ2v) is 6.33. The van der Waals surface area contributed by atoms with Crippen LogP contribution in [0.15, 0.2) is 34.2 Å². The third-order valence-corrected chi connectivity index (χ3v) is 4.53. The molecule has 1 rings (SSSR count). The second-order valence-electron chi connectivity index (χ2n) is 5.27. The van der Waals surface area contributed by atoms with Crippen LogP contribution >= 0.6 is 11.8 Å². The molecule has 1 aromatic carbocycles. The van der Waals surface area contributed by atoms with E-state index in [9.17, 15) is 0 Å². The van der Waals surface area contributed by atoms with Crippen molar-refractivity contribution in [3.63, 3.8) is 0 Å². The smallest absolute Gasteiger partial charge is 0.188 e. The first-order valence-electron chi connectivity index (χ1n) is 8.04. The first-order valence-corrected chi connectivity index (χ1v) is 9.03. The molecule has 5 nitrogen and oxygen atoms in total. The predicted octanol–water partition coefficient (Wildman–Crippen LogP) is 2.75. The minimum atomic E-state index is 0.439. The van der Waals surface area contributed by atoms with Crippen molar-refractivity contribution in [2.45, 2.75) is 25.2 Å². The fourth-order valence-electron chi connectivity index (χ4n) is 1.87. The van der Waals surface area contributed by atoms with E-state index in [0.717, 1.165) is 42.6 Å². The third kappa shape index (κ3) is 8.71. The van der Waals surface area contributed by atoms with Gasteiger partial charge < -0.3 is 20.5 Å². The van der Waals surface area contributed by atoms with Crippen molar-refractivity contribution in [2.24, 2.45) is 16.6 Å².